The highest BCUT2D eigenvalue weighted by Crippen LogP contribution is 2.33. The number of anilines is 1. The molecule has 21 heavy (non-hydrogen) atoms. The molecule has 0 amide bonds. The van der Waals surface area contributed by atoms with Crippen LogP contribution in [0.5, 0.6) is 0 Å². The Morgan fingerprint density at radius 1 is 1.33 bits per heavy atom. The molecule has 2 aromatic heterocycles. The SMILES string of the molecule is N[C@H]1CC[C@@H](Nc2ncnc3sc(CC(F)(F)F)cc23)C1. The maximum Gasteiger partial charge on any atom is 0.393 e. The number of nitrogens with two attached hydrogens (primary N) is 1. The van der Waals surface area contributed by atoms with E-state index in [1.54, 1.807) is 0 Å². The molecule has 1 aliphatic carbocycles. The number of nitrogens with one attached hydrogen (secondary N) is 1. The predicted octanol–water partition coefficient (Wildman–Crippen LogP) is 3.09. The van der Waals surface area contributed by atoms with Gasteiger partial charge in [0.1, 0.15) is 17.0 Å². The van der Waals surface area contributed by atoms with Gasteiger partial charge in [-0.1, -0.05) is 0 Å². The Balaban J connectivity index is 1.85. The average molecular weight is 316 g/mol. The number of hydrogen-bond donors (Lipinski definition) is 2. The monoisotopic (exact) mass is 316 g/mol. The number of alkyl halides is 3. The predicted molar refractivity (Wildman–Crippen MR) is 76.4 cm³/mol. The first-order valence-corrected chi connectivity index (χ1v) is 7.54. The highest BCUT2D eigenvalue weighted by atomic mass is 32.1. The highest BCUT2D eigenvalue weighted by Gasteiger charge is 2.29. The van der Waals surface area contributed by atoms with E-state index in [1.165, 1.54) is 12.4 Å². The summed E-state index contributed by atoms with van der Waals surface area (Å²) in [4.78, 5) is 9.06. The molecule has 3 rings (SSSR count). The number of nitrogens with zero attached hydrogens (tertiary/aromatic N) is 2. The van der Waals surface area contributed by atoms with Crippen LogP contribution in [0, 0.1) is 0 Å². The van der Waals surface area contributed by atoms with Gasteiger partial charge in [-0.2, -0.15) is 13.2 Å². The van der Waals surface area contributed by atoms with Gasteiger partial charge in [0.15, 0.2) is 0 Å². The van der Waals surface area contributed by atoms with Crippen molar-refractivity contribution in [1.29, 1.82) is 0 Å². The zero-order valence-electron chi connectivity index (χ0n) is 11.2. The number of thiophene rings is 1. The minimum absolute atomic E-state index is 0.183. The Morgan fingerprint density at radius 2 is 2.14 bits per heavy atom. The standard InChI is InChI=1S/C13H15F3N4S/c14-13(15,16)5-9-4-10-11(18-6-19-12(10)21-9)20-8-2-1-7(17)3-8/h4,6-8H,1-3,5,17H2,(H,18,19,20)/t7-,8+/m0/s1. The third-order valence-corrected chi connectivity index (χ3v) is 4.61. The summed E-state index contributed by atoms with van der Waals surface area (Å²) in [6.45, 7) is 0. The van der Waals surface area contributed by atoms with Crippen molar-refractivity contribution in [2.24, 2.45) is 5.73 Å². The lowest BCUT2D eigenvalue weighted by atomic mass is 10.2. The molecule has 0 bridgehead atoms. The van der Waals surface area contributed by atoms with Gasteiger partial charge in [0, 0.05) is 17.0 Å². The number of halogens is 3. The van der Waals surface area contributed by atoms with Crippen LogP contribution in [0.4, 0.5) is 19.0 Å². The van der Waals surface area contributed by atoms with E-state index in [0.29, 0.717) is 16.0 Å². The lowest BCUT2D eigenvalue weighted by molar-refractivity contribution is -0.126. The molecule has 1 aliphatic rings. The van der Waals surface area contributed by atoms with E-state index >= 15 is 0 Å². The number of fused-ring (bicyclic) bond motifs is 1. The summed E-state index contributed by atoms with van der Waals surface area (Å²) in [7, 11) is 0. The van der Waals surface area contributed by atoms with Crippen LogP contribution in [0.15, 0.2) is 12.4 Å². The maximum absolute atomic E-state index is 12.5. The smallest absolute Gasteiger partial charge is 0.367 e. The molecule has 114 valence electrons. The Labute approximate surface area is 123 Å². The van der Waals surface area contributed by atoms with Crippen molar-refractivity contribution < 1.29 is 13.2 Å². The van der Waals surface area contributed by atoms with E-state index in [-0.39, 0.29) is 17.0 Å². The van der Waals surface area contributed by atoms with Crippen LogP contribution in [0.3, 0.4) is 0 Å². The van der Waals surface area contributed by atoms with Gasteiger partial charge in [-0.05, 0) is 25.3 Å². The van der Waals surface area contributed by atoms with Crippen LogP contribution >= 0.6 is 11.3 Å². The second kappa shape index (κ2) is 5.42. The normalized spacial score (nSPS) is 22.9. The molecule has 1 fully saturated rings. The van der Waals surface area contributed by atoms with Crippen molar-refractivity contribution in [3.05, 3.63) is 17.3 Å². The van der Waals surface area contributed by atoms with Crippen molar-refractivity contribution in [3.8, 4) is 0 Å². The van der Waals surface area contributed by atoms with E-state index in [9.17, 15) is 13.2 Å². The largest absolute Gasteiger partial charge is 0.393 e. The van der Waals surface area contributed by atoms with Crippen molar-refractivity contribution in [2.45, 2.75) is 43.9 Å². The lowest BCUT2D eigenvalue weighted by Crippen LogP contribution is -2.21. The van der Waals surface area contributed by atoms with Gasteiger partial charge >= 0.3 is 6.18 Å². The molecule has 3 N–H and O–H groups in total. The first-order chi connectivity index (χ1) is 9.90. The fraction of sp³-hybridized carbons (Fsp3) is 0.538. The average Bonchev–Trinajstić information content (AvgIpc) is 2.94. The molecule has 0 radical (unpaired) electrons. The number of hydrogen-bond acceptors (Lipinski definition) is 5. The third-order valence-electron chi connectivity index (χ3n) is 3.57. The van der Waals surface area contributed by atoms with E-state index in [1.807, 2.05) is 0 Å². The number of aromatic nitrogens is 2. The second-order valence-corrected chi connectivity index (χ2v) is 6.48. The summed E-state index contributed by atoms with van der Waals surface area (Å²) in [6, 6.07) is 1.94. The first kappa shape index (κ1) is 14.5. The molecular weight excluding hydrogens is 301 g/mol. The second-order valence-electron chi connectivity index (χ2n) is 5.36. The third kappa shape index (κ3) is 3.44. The quantitative estimate of drug-likeness (QED) is 0.913. The Bertz CT molecular complexity index is 640. The summed E-state index contributed by atoms with van der Waals surface area (Å²) in [6.07, 6.45) is -0.999. The summed E-state index contributed by atoms with van der Waals surface area (Å²) < 4.78 is 37.4. The fourth-order valence-electron chi connectivity index (χ4n) is 2.65. The van der Waals surface area contributed by atoms with Gasteiger partial charge in [-0.15, -0.1) is 11.3 Å². The molecule has 2 atom stereocenters. The van der Waals surface area contributed by atoms with Gasteiger partial charge in [0.05, 0.1) is 11.8 Å². The molecule has 0 unspecified atom stereocenters. The van der Waals surface area contributed by atoms with Crippen LogP contribution in [0.25, 0.3) is 10.2 Å². The molecule has 1 saturated carbocycles. The van der Waals surface area contributed by atoms with Crippen LogP contribution in [-0.2, 0) is 6.42 Å². The molecule has 4 nitrogen and oxygen atoms in total. The van der Waals surface area contributed by atoms with Crippen molar-refractivity contribution in [1.82, 2.24) is 9.97 Å². The van der Waals surface area contributed by atoms with E-state index in [0.717, 1.165) is 30.6 Å². The van der Waals surface area contributed by atoms with Crippen LogP contribution in [0.1, 0.15) is 24.1 Å². The Morgan fingerprint density at radius 3 is 2.81 bits per heavy atom. The highest BCUT2D eigenvalue weighted by molar-refractivity contribution is 7.18. The van der Waals surface area contributed by atoms with Gasteiger partial charge in [-0.3, -0.25) is 0 Å². The topological polar surface area (TPSA) is 63.8 Å². The summed E-state index contributed by atoms with van der Waals surface area (Å²) in [5.41, 5.74) is 5.87. The lowest BCUT2D eigenvalue weighted by Gasteiger charge is -2.13. The van der Waals surface area contributed by atoms with E-state index in [2.05, 4.69) is 15.3 Å². The van der Waals surface area contributed by atoms with Crippen LogP contribution in [0.2, 0.25) is 0 Å². The Kier molecular flexibility index (Phi) is 3.75. The van der Waals surface area contributed by atoms with Crippen LogP contribution in [-0.4, -0.2) is 28.2 Å². The molecular formula is C13H15F3N4S. The summed E-state index contributed by atoms with van der Waals surface area (Å²) in [5.74, 6) is 0.601. The zero-order valence-corrected chi connectivity index (χ0v) is 12.0. The maximum atomic E-state index is 12.5. The molecule has 2 aromatic rings. The molecule has 2 heterocycles. The molecule has 0 saturated heterocycles. The van der Waals surface area contributed by atoms with Crippen LogP contribution < -0.4 is 11.1 Å². The minimum Gasteiger partial charge on any atom is -0.367 e. The van der Waals surface area contributed by atoms with Crippen molar-refractivity contribution >= 4 is 27.4 Å². The van der Waals surface area contributed by atoms with Gasteiger partial charge in [0.25, 0.3) is 0 Å². The van der Waals surface area contributed by atoms with Crippen molar-refractivity contribution in [2.75, 3.05) is 5.32 Å². The summed E-state index contributed by atoms with van der Waals surface area (Å²) >= 11 is 1.06. The van der Waals surface area contributed by atoms with E-state index in [4.69, 9.17) is 5.73 Å². The van der Waals surface area contributed by atoms with E-state index < -0.39 is 12.6 Å². The molecule has 0 aliphatic heterocycles. The first-order valence-electron chi connectivity index (χ1n) is 6.73. The fourth-order valence-corrected chi connectivity index (χ4v) is 3.67. The van der Waals surface area contributed by atoms with Gasteiger partial charge < -0.3 is 11.1 Å². The molecule has 8 heteroatoms. The van der Waals surface area contributed by atoms with Gasteiger partial charge in [0.2, 0.25) is 0 Å². The molecule has 0 aromatic carbocycles. The minimum atomic E-state index is -4.21. The van der Waals surface area contributed by atoms with Gasteiger partial charge in [-0.25, -0.2) is 9.97 Å². The molecule has 0 spiro atoms. The Hall–Kier alpha value is -1.41. The zero-order chi connectivity index (χ0) is 15.0. The number of rotatable bonds is 3. The summed E-state index contributed by atoms with van der Waals surface area (Å²) in [5, 5.41) is 3.94. The van der Waals surface area contributed by atoms with Crippen molar-refractivity contribution in [3.63, 3.8) is 0 Å².